The van der Waals surface area contributed by atoms with Crippen LogP contribution in [0.15, 0.2) is 108 Å². The van der Waals surface area contributed by atoms with Crippen molar-refractivity contribution in [1.82, 2.24) is 15.1 Å². The quantitative estimate of drug-likeness (QED) is 0.156. The number of likely N-dealkylation sites (tertiary alicyclic amines) is 1. The van der Waals surface area contributed by atoms with Crippen molar-refractivity contribution in [3.63, 3.8) is 0 Å². The predicted octanol–water partition coefficient (Wildman–Crippen LogP) is 6.76. The molecule has 266 valence electrons. The summed E-state index contributed by atoms with van der Waals surface area (Å²) >= 11 is 1.22. The molecule has 2 fully saturated rings. The third-order valence-electron chi connectivity index (χ3n) is 8.56. The maximum Gasteiger partial charge on any atom is 0.416 e. The molecule has 0 saturated carbocycles. The number of ether oxygens (including phenoxy) is 2. The minimum absolute atomic E-state index is 0.105. The number of esters is 1. The van der Waals surface area contributed by atoms with Gasteiger partial charge >= 0.3 is 18.2 Å². The number of carbonyl (C=O) groups excluding carboxylic acids is 4. The summed E-state index contributed by atoms with van der Waals surface area (Å²) in [6.45, 7) is 5.54. The van der Waals surface area contributed by atoms with Gasteiger partial charge < -0.3 is 24.6 Å². The number of nitrogens with one attached hydrogen (secondary N) is 1. The zero-order valence-corrected chi connectivity index (χ0v) is 28.9. The number of halogens is 3. The zero-order valence-electron chi connectivity index (χ0n) is 28.1. The number of alkyl carbamates (subject to hydrolysis) is 1. The summed E-state index contributed by atoms with van der Waals surface area (Å²) in [6.07, 6.45) is -4.13. The molecule has 3 aliphatic rings. The lowest BCUT2D eigenvalue weighted by Crippen LogP contribution is -2.74. The molecule has 0 spiro atoms. The third kappa shape index (κ3) is 7.98. The van der Waals surface area contributed by atoms with Crippen LogP contribution in [0, 0.1) is 0 Å². The van der Waals surface area contributed by atoms with E-state index in [9.17, 15) is 32.3 Å². The van der Waals surface area contributed by atoms with E-state index in [0.29, 0.717) is 40.8 Å². The van der Waals surface area contributed by atoms with Crippen molar-refractivity contribution in [1.29, 1.82) is 0 Å². The van der Waals surface area contributed by atoms with Gasteiger partial charge in [-0.25, -0.2) is 9.59 Å². The van der Waals surface area contributed by atoms with Crippen LogP contribution in [0.2, 0.25) is 0 Å². The summed E-state index contributed by atoms with van der Waals surface area (Å²) in [7, 11) is 0. The molecule has 3 atom stereocenters. The van der Waals surface area contributed by atoms with Crippen LogP contribution in [0.25, 0.3) is 0 Å². The zero-order chi connectivity index (χ0) is 36.5. The lowest BCUT2D eigenvalue weighted by molar-refractivity contribution is -0.164. The Bertz CT molecular complexity index is 1820. The number of rotatable bonds is 8. The van der Waals surface area contributed by atoms with Crippen molar-refractivity contribution in [2.45, 2.75) is 69.1 Å². The van der Waals surface area contributed by atoms with E-state index in [2.05, 4.69) is 5.32 Å². The molecule has 0 radical (unpaired) electrons. The average molecular weight is 720 g/mol. The first-order chi connectivity index (χ1) is 24.2. The summed E-state index contributed by atoms with van der Waals surface area (Å²) in [5.41, 5.74) is 1.15. The number of hydrogen-bond acceptors (Lipinski definition) is 7. The van der Waals surface area contributed by atoms with E-state index >= 15 is 0 Å². The van der Waals surface area contributed by atoms with Crippen LogP contribution in [0.3, 0.4) is 0 Å². The van der Waals surface area contributed by atoms with Gasteiger partial charge in [0.15, 0.2) is 12.1 Å². The van der Waals surface area contributed by atoms with Crippen LogP contribution < -0.4 is 5.32 Å². The number of carbonyl (C=O) groups is 4. The SMILES string of the molecule is CC(C)(C)OC(=O)N[C@@H]1C(=O)N2[C@@H](C(=O)OC(c3ccccc3)c3ccccc3)C(C=C3CCN(Cc4ccc(C(F)(F)F)cc4)C3=O)=CS[C@H]12. The average Bonchev–Trinajstić information content (AvgIpc) is 3.43. The molecule has 3 amide bonds. The molecule has 0 aliphatic carbocycles. The van der Waals surface area contributed by atoms with E-state index < -0.39 is 58.9 Å². The number of hydrogen-bond donors (Lipinski definition) is 1. The summed E-state index contributed by atoms with van der Waals surface area (Å²) in [6, 6.07) is 20.8. The molecule has 3 aromatic carbocycles. The minimum atomic E-state index is -4.47. The van der Waals surface area contributed by atoms with Gasteiger partial charge in [0.1, 0.15) is 17.0 Å². The predicted molar refractivity (Wildman–Crippen MR) is 184 cm³/mol. The van der Waals surface area contributed by atoms with Crippen molar-refractivity contribution in [3.05, 3.63) is 130 Å². The van der Waals surface area contributed by atoms with E-state index in [1.807, 2.05) is 60.7 Å². The first-order valence-corrected chi connectivity index (χ1v) is 17.3. The lowest BCUT2D eigenvalue weighted by Gasteiger charge is -2.51. The molecule has 51 heavy (non-hydrogen) atoms. The molecule has 0 bridgehead atoms. The number of amides is 3. The molecule has 3 aromatic rings. The topological polar surface area (TPSA) is 105 Å². The highest BCUT2D eigenvalue weighted by atomic mass is 32.2. The minimum Gasteiger partial charge on any atom is -0.451 e. The number of nitrogens with zero attached hydrogens (tertiary/aromatic N) is 2. The molecule has 0 aromatic heterocycles. The van der Waals surface area contributed by atoms with Crippen molar-refractivity contribution in [3.8, 4) is 0 Å². The van der Waals surface area contributed by atoms with Crippen LogP contribution in [-0.2, 0) is 36.6 Å². The van der Waals surface area contributed by atoms with E-state index in [0.717, 1.165) is 12.1 Å². The van der Waals surface area contributed by atoms with Crippen LogP contribution in [0.5, 0.6) is 0 Å². The molecule has 2 saturated heterocycles. The highest BCUT2D eigenvalue weighted by molar-refractivity contribution is 8.03. The largest absolute Gasteiger partial charge is 0.451 e. The second-order valence-electron chi connectivity index (χ2n) is 13.4. The molecule has 3 heterocycles. The Morgan fingerprint density at radius 3 is 2.12 bits per heavy atom. The number of β-lactam (4-membered cyclic amide) rings is 1. The van der Waals surface area contributed by atoms with Crippen LogP contribution in [-0.4, -0.2) is 63.3 Å². The molecular formula is C38H36F3N3O6S. The van der Waals surface area contributed by atoms with Gasteiger partial charge in [0.05, 0.1) is 5.56 Å². The van der Waals surface area contributed by atoms with Crippen molar-refractivity contribution >= 4 is 35.6 Å². The monoisotopic (exact) mass is 719 g/mol. The summed E-state index contributed by atoms with van der Waals surface area (Å²) < 4.78 is 50.7. The second-order valence-corrected chi connectivity index (χ2v) is 14.4. The van der Waals surface area contributed by atoms with E-state index in [-0.39, 0.29) is 12.5 Å². The number of alkyl halides is 3. The number of thioether (sulfide) groups is 1. The molecular weight excluding hydrogens is 683 g/mol. The standard InChI is InChI=1S/C38H36F3N3O6S/c1-37(2,3)50-36(48)42-29-33(46)44-30(35(47)49-31(24-10-6-4-7-11-24)25-12-8-5-9-13-25)27(22-51-34(29)44)20-26-18-19-43(32(26)45)21-23-14-16-28(17-15-23)38(39,40)41/h4-17,20,22,29-31,34H,18-19,21H2,1-3H3,(H,42,48)/t29-,30-,34-/m1/s1. The van der Waals surface area contributed by atoms with E-state index in [4.69, 9.17) is 9.47 Å². The van der Waals surface area contributed by atoms with Gasteiger partial charge in [-0.2, -0.15) is 13.2 Å². The summed E-state index contributed by atoms with van der Waals surface area (Å²) in [4.78, 5) is 57.0. The maximum atomic E-state index is 14.3. The van der Waals surface area contributed by atoms with Crippen molar-refractivity contribution in [2.75, 3.05) is 6.54 Å². The highest BCUT2D eigenvalue weighted by Crippen LogP contribution is 2.42. The summed E-state index contributed by atoms with van der Waals surface area (Å²) in [5, 5.41) is 3.67. The van der Waals surface area contributed by atoms with E-state index in [1.54, 1.807) is 32.3 Å². The molecule has 1 N–H and O–H groups in total. The van der Waals surface area contributed by atoms with Gasteiger partial charge in [-0.05, 0) is 73.1 Å². The molecule has 3 aliphatic heterocycles. The Kier molecular flexibility index (Phi) is 10.0. The van der Waals surface area contributed by atoms with Crippen LogP contribution >= 0.6 is 11.8 Å². The molecule has 9 nitrogen and oxygen atoms in total. The third-order valence-corrected chi connectivity index (χ3v) is 9.75. The van der Waals surface area contributed by atoms with Gasteiger partial charge in [0.25, 0.3) is 0 Å². The van der Waals surface area contributed by atoms with Gasteiger partial charge in [-0.3, -0.25) is 9.59 Å². The summed E-state index contributed by atoms with van der Waals surface area (Å²) in [5.74, 6) is -1.57. The number of benzene rings is 3. The lowest BCUT2D eigenvalue weighted by atomic mass is 9.95. The fourth-order valence-corrected chi connectivity index (χ4v) is 7.34. The fourth-order valence-electron chi connectivity index (χ4n) is 6.15. The Hall–Kier alpha value is -5.04. The first-order valence-electron chi connectivity index (χ1n) is 16.3. The highest BCUT2D eigenvalue weighted by Gasteiger charge is 2.56. The van der Waals surface area contributed by atoms with Crippen LogP contribution in [0.4, 0.5) is 18.0 Å². The Morgan fingerprint density at radius 2 is 1.55 bits per heavy atom. The molecule has 0 unspecified atom stereocenters. The van der Waals surface area contributed by atoms with E-state index in [1.165, 1.54) is 33.7 Å². The Morgan fingerprint density at radius 1 is 0.941 bits per heavy atom. The fraction of sp³-hybridized carbons (Fsp3) is 0.316. The number of fused-ring (bicyclic) bond motifs is 1. The van der Waals surface area contributed by atoms with Gasteiger partial charge in [-0.15, -0.1) is 11.8 Å². The van der Waals surface area contributed by atoms with Gasteiger partial charge in [0.2, 0.25) is 11.8 Å². The molecule has 6 rings (SSSR count). The van der Waals surface area contributed by atoms with Crippen molar-refractivity contribution in [2.24, 2.45) is 0 Å². The Labute approximate surface area is 297 Å². The molecule has 13 heteroatoms. The van der Waals surface area contributed by atoms with Gasteiger partial charge in [0, 0.05) is 18.7 Å². The second kappa shape index (κ2) is 14.3. The normalized spacial score (nSPS) is 21.3. The maximum absolute atomic E-state index is 14.3. The van der Waals surface area contributed by atoms with Crippen LogP contribution in [0.1, 0.15) is 55.5 Å². The smallest absolute Gasteiger partial charge is 0.416 e. The first kappa shape index (κ1) is 35.8. The van der Waals surface area contributed by atoms with Crippen molar-refractivity contribution < 1.29 is 41.8 Å². The Balaban J connectivity index is 1.27. The van der Waals surface area contributed by atoms with Gasteiger partial charge in [-0.1, -0.05) is 72.8 Å².